The molecular formula is C14H20OSi. The zero-order chi connectivity index (χ0) is 11.6. The van der Waals surface area contributed by atoms with Crippen LogP contribution in [0.5, 0.6) is 0 Å². The van der Waals surface area contributed by atoms with Crippen molar-refractivity contribution >= 4 is 8.32 Å². The van der Waals surface area contributed by atoms with E-state index < -0.39 is 8.32 Å². The minimum atomic E-state index is -1.47. The maximum absolute atomic E-state index is 6.53. The summed E-state index contributed by atoms with van der Waals surface area (Å²) >= 11 is 0. The first-order valence-electron chi connectivity index (χ1n) is 6.15. The maximum atomic E-state index is 6.53. The van der Waals surface area contributed by atoms with Gasteiger partial charge in [0.05, 0.1) is 5.60 Å². The molecule has 1 fully saturated rings. The van der Waals surface area contributed by atoms with Crippen molar-refractivity contribution in [3.63, 3.8) is 0 Å². The Morgan fingerprint density at radius 3 is 2.56 bits per heavy atom. The summed E-state index contributed by atoms with van der Waals surface area (Å²) in [6.07, 6.45) is 2.43. The number of hydrogen-bond acceptors (Lipinski definition) is 1. The normalized spacial score (nSPS) is 35.8. The topological polar surface area (TPSA) is 9.23 Å². The van der Waals surface area contributed by atoms with E-state index in [-0.39, 0.29) is 5.60 Å². The average Bonchev–Trinajstić information content (AvgIpc) is 2.61. The molecule has 0 aromatic heterocycles. The summed E-state index contributed by atoms with van der Waals surface area (Å²) in [5.74, 6) is 0. The van der Waals surface area contributed by atoms with Gasteiger partial charge < -0.3 is 4.43 Å². The number of rotatable bonds is 2. The molecular weight excluding hydrogens is 212 g/mol. The minimum Gasteiger partial charge on any atom is -0.408 e. The fourth-order valence-corrected chi connectivity index (χ4v) is 4.83. The summed E-state index contributed by atoms with van der Waals surface area (Å²) < 4.78 is 6.53. The standard InChI is InChI=1S/C14H20OSi/c1-13-9-11-7-5-6-8-12(11)14(13,10-13)15-16(2,3)4/h5-8H,9-10H2,1-4H3/t13-,14+/m1/s1. The predicted molar refractivity (Wildman–Crippen MR) is 69.0 cm³/mol. The van der Waals surface area contributed by atoms with Crippen molar-refractivity contribution in [3.05, 3.63) is 35.4 Å². The molecule has 3 rings (SSSR count). The van der Waals surface area contributed by atoms with Crippen LogP contribution in [0.3, 0.4) is 0 Å². The number of hydrogen-bond donors (Lipinski definition) is 0. The molecule has 0 spiro atoms. The summed E-state index contributed by atoms with van der Waals surface area (Å²) in [4.78, 5) is 0. The van der Waals surface area contributed by atoms with Crippen LogP contribution < -0.4 is 0 Å². The largest absolute Gasteiger partial charge is 0.408 e. The molecule has 86 valence electrons. The lowest BCUT2D eigenvalue weighted by Crippen LogP contribution is -2.33. The molecule has 2 atom stereocenters. The lowest BCUT2D eigenvalue weighted by molar-refractivity contribution is 0.135. The van der Waals surface area contributed by atoms with E-state index in [1.54, 1.807) is 0 Å². The van der Waals surface area contributed by atoms with Crippen molar-refractivity contribution < 1.29 is 4.43 Å². The molecule has 1 aromatic carbocycles. The van der Waals surface area contributed by atoms with E-state index in [9.17, 15) is 0 Å². The lowest BCUT2D eigenvalue weighted by atomic mass is 10.0. The van der Waals surface area contributed by atoms with Crippen LogP contribution >= 0.6 is 0 Å². The first kappa shape index (κ1) is 10.5. The van der Waals surface area contributed by atoms with Crippen LogP contribution in [-0.2, 0) is 16.4 Å². The van der Waals surface area contributed by atoms with E-state index in [0.717, 1.165) is 0 Å². The lowest BCUT2D eigenvalue weighted by Gasteiger charge is -2.27. The molecule has 0 saturated heterocycles. The van der Waals surface area contributed by atoms with Crippen molar-refractivity contribution in [2.45, 2.75) is 45.0 Å². The molecule has 0 N–H and O–H groups in total. The highest BCUT2D eigenvalue weighted by atomic mass is 28.4. The van der Waals surface area contributed by atoms with Crippen molar-refractivity contribution in [2.24, 2.45) is 5.41 Å². The quantitative estimate of drug-likeness (QED) is 0.707. The van der Waals surface area contributed by atoms with E-state index in [0.29, 0.717) is 5.41 Å². The molecule has 0 aliphatic heterocycles. The fourth-order valence-electron chi connectivity index (χ4n) is 3.36. The summed E-state index contributed by atoms with van der Waals surface area (Å²) in [5.41, 5.74) is 3.44. The second-order valence-electron chi connectivity index (χ2n) is 6.61. The molecule has 1 nitrogen and oxygen atoms in total. The van der Waals surface area contributed by atoms with Gasteiger partial charge in [-0.2, -0.15) is 0 Å². The van der Waals surface area contributed by atoms with Crippen LogP contribution in [0.15, 0.2) is 24.3 Å². The van der Waals surface area contributed by atoms with Gasteiger partial charge in [-0.15, -0.1) is 0 Å². The monoisotopic (exact) mass is 232 g/mol. The SMILES string of the molecule is C[C@]12Cc3ccccc3[C@@]1(O[Si](C)(C)C)C2. The third-order valence-corrected chi connectivity index (χ3v) is 4.96. The van der Waals surface area contributed by atoms with Crippen LogP contribution in [0, 0.1) is 5.41 Å². The zero-order valence-corrected chi connectivity index (χ0v) is 11.6. The smallest absolute Gasteiger partial charge is 0.185 e. The summed E-state index contributed by atoms with van der Waals surface area (Å²) in [5, 5.41) is 0. The summed E-state index contributed by atoms with van der Waals surface area (Å²) in [6, 6.07) is 8.84. The Morgan fingerprint density at radius 2 is 1.88 bits per heavy atom. The predicted octanol–water partition coefficient (Wildman–Crippen LogP) is 3.70. The van der Waals surface area contributed by atoms with E-state index in [4.69, 9.17) is 4.43 Å². The number of fused-ring (bicyclic) bond motifs is 3. The van der Waals surface area contributed by atoms with Crippen LogP contribution in [0.4, 0.5) is 0 Å². The average molecular weight is 232 g/mol. The van der Waals surface area contributed by atoms with E-state index in [1.165, 1.54) is 24.0 Å². The summed E-state index contributed by atoms with van der Waals surface area (Å²) in [6.45, 7) is 9.26. The Bertz CT molecular complexity index is 448. The van der Waals surface area contributed by atoms with Crippen LogP contribution in [0.2, 0.25) is 19.6 Å². The Hall–Kier alpha value is -0.603. The zero-order valence-electron chi connectivity index (χ0n) is 10.6. The molecule has 2 aliphatic rings. The van der Waals surface area contributed by atoms with Gasteiger partial charge in [0, 0.05) is 5.41 Å². The highest BCUT2D eigenvalue weighted by Gasteiger charge is 2.71. The van der Waals surface area contributed by atoms with Gasteiger partial charge >= 0.3 is 0 Å². The molecule has 1 aromatic rings. The molecule has 0 bridgehead atoms. The molecule has 1 saturated carbocycles. The molecule has 0 unspecified atom stereocenters. The van der Waals surface area contributed by atoms with Crippen LogP contribution in [-0.4, -0.2) is 8.32 Å². The van der Waals surface area contributed by atoms with Gasteiger partial charge in [-0.3, -0.25) is 0 Å². The first-order chi connectivity index (χ1) is 7.36. The van der Waals surface area contributed by atoms with E-state index in [2.05, 4.69) is 50.8 Å². The maximum Gasteiger partial charge on any atom is 0.185 e. The summed E-state index contributed by atoms with van der Waals surface area (Å²) in [7, 11) is -1.47. The molecule has 16 heavy (non-hydrogen) atoms. The highest BCUT2D eigenvalue weighted by Crippen LogP contribution is 2.72. The van der Waals surface area contributed by atoms with Crippen molar-refractivity contribution in [2.75, 3.05) is 0 Å². The van der Waals surface area contributed by atoms with Gasteiger partial charge in [-0.05, 0) is 43.6 Å². The van der Waals surface area contributed by atoms with Crippen molar-refractivity contribution in [1.29, 1.82) is 0 Å². The van der Waals surface area contributed by atoms with Gasteiger partial charge in [0.1, 0.15) is 0 Å². The van der Waals surface area contributed by atoms with Gasteiger partial charge in [-0.25, -0.2) is 0 Å². The minimum absolute atomic E-state index is 0.0774. The molecule has 0 radical (unpaired) electrons. The third kappa shape index (κ3) is 1.26. The van der Waals surface area contributed by atoms with E-state index in [1.807, 2.05) is 0 Å². The second-order valence-corrected chi connectivity index (χ2v) is 11.0. The Balaban J connectivity index is 2.04. The second kappa shape index (κ2) is 2.80. The molecule has 2 aliphatic carbocycles. The van der Waals surface area contributed by atoms with Crippen LogP contribution in [0.1, 0.15) is 24.5 Å². The molecule has 0 amide bonds. The van der Waals surface area contributed by atoms with Gasteiger partial charge in [-0.1, -0.05) is 31.2 Å². The van der Waals surface area contributed by atoms with Gasteiger partial charge in [0.2, 0.25) is 0 Å². The molecule has 2 heteroatoms. The van der Waals surface area contributed by atoms with Gasteiger partial charge in [0.25, 0.3) is 0 Å². The van der Waals surface area contributed by atoms with E-state index >= 15 is 0 Å². The van der Waals surface area contributed by atoms with Crippen LogP contribution in [0.25, 0.3) is 0 Å². The first-order valence-corrected chi connectivity index (χ1v) is 9.56. The van der Waals surface area contributed by atoms with Crippen molar-refractivity contribution in [3.8, 4) is 0 Å². The Morgan fingerprint density at radius 1 is 1.19 bits per heavy atom. The number of benzene rings is 1. The fraction of sp³-hybridized carbons (Fsp3) is 0.571. The Kier molecular flexibility index (Phi) is 1.84. The van der Waals surface area contributed by atoms with Gasteiger partial charge in [0.15, 0.2) is 8.32 Å². The molecule has 0 heterocycles. The highest BCUT2D eigenvalue weighted by molar-refractivity contribution is 6.69. The van der Waals surface area contributed by atoms with Crippen molar-refractivity contribution in [1.82, 2.24) is 0 Å². The third-order valence-electron chi connectivity index (χ3n) is 4.00. The Labute approximate surface area is 99.0 Å².